The molecule has 0 aliphatic carbocycles. The van der Waals surface area contributed by atoms with Crippen molar-refractivity contribution >= 4 is 11.6 Å². The first kappa shape index (κ1) is 20.7. The minimum Gasteiger partial charge on any atom is -0.381 e. The van der Waals surface area contributed by atoms with Crippen molar-refractivity contribution in [3.05, 3.63) is 33.4 Å². The Labute approximate surface area is 182 Å². The second kappa shape index (κ2) is 8.74. The van der Waals surface area contributed by atoms with Gasteiger partial charge in [0.15, 0.2) is 5.65 Å². The predicted octanol–water partition coefficient (Wildman–Crippen LogP) is 2.07. The number of piperidine rings is 1. The van der Waals surface area contributed by atoms with Crippen LogP contribution in [-0.2, 0) is 22.5 Å². The number of amides is 1. The molecule has 3 aliphatic rings. The molecule has 8 nitrogen and oxygen atoms in total. The zero-order valence-electron chi connectivity index (χ0n) is 18.4. The Bertz CT molecular complexity index is 1010. The largest absolute Gasteiger partial charge is 0.381 e. The molecule has 2 fully saturated rings. The van der Waals surface area contributed by atoms with E-state index in [0.717, 1.165) is 88.3 Å². The molecule has 0 saturated carbocycles. The van der Waals surface area contributed by atoms with Gasteiger partial charge in [0.25, 0.3) is 5.56 Å². The number of likely N-dealkylation sites (tertiary alicyclic amines) is 1. The van der Waals surface area contributed by atoms with Gasteiger partial charge in [-0.2, -0.15) is 0 Å². The minimum atomic E-state index is 0.0257. The van der Waals surface area contributed by atoms with Crippen molar-refractivity contribution in [2.24, 2.45) is 0 Å². The SMILES string of the molecule is CCCC(=O)N1CCC[C@H](c2cc3nc4c(c(=O)n3[nH]2)CN(C2CCOCC2)CC4)C1. The Morgan fingerprint density at radius 3 is 2.90 bits per heavy atom. The van der Waals surface area contributed by atoms with E-state index in [9.17, 15) is 9.59 Å². The molecule has 2 aromatic rings. The lowest BCUT2D eigenvalue weighted by atomic mass is 9.94. The van der Waals surface area contributed by atoms with Crippen molar-refractivity contribution in [3.63, 3.8) is 0 Å². The zero-order chi connectivity index (χ0) is 21.4. The summed E-state index contributed by atoms with van der Waals surface area (Å²) in [4.78, 5) is 35.0. The lowest BCUT2D eigenvalue weighted by Crippen LogP contribution is -2.44. The number of carbonyl (C=O) groups is 1. The summed E-state index contributed by atoms with van der Waals surface area (Å²) in [6.07, 6.45) is 6.39. The van der Waals surface area contributed by atoms with Crippen LogP contribution >= 0.6 is 0 Å². The van der Waals surface area contributed by atoms with Gasteiger partial charge in [-0.05, 0) is 32.1 Å². The number of nitrogens with zero attached hydrogens (tertiary/aromatic N) is 4. The van der Waals surface area contributed by atoms with E-state index in [-0.39, 0.29) is 17.4 Å². The maximum atomic E-state index is 13.3. The quantitative estimate of drug-likeness (QED) is 0.808. The monoisotopic (exact) mass is 427 g/mol. The third-order valence-corrected chi connectivity index (χ3v) is 7.20. The number of ether oxygens (including phenoxy) is 1. The van der Waals surface area contributed by atoms with Crippen molar-refractivity contribution < 1.29 is 9.53 Å². The summed E-state index contributed by atoms with van der Waals surface area (Å²) in [6, 6.07) is 2.51. The fraction of sp³-hybridized carbons (Fsp3) is 0.696. The fourth-order valence-electron chi connectivity index (χ4n) is 5.42. The summed E-state index contributed by atoms with van der Waals surface area (Å²) in [6.45, 7) is 6.84. The number of fused-ring (bicyclic) bond motifs is 2. The molecule has 1 amide bonds. The van der Waals surface area contributed by atoms with Crippen molar-refractivity contribution in [1.82, 2.24) is 24.4 Å². The molecule has 31 heavy (non-hydrogen) atoms. The molecule has 8 heteroatoms. The van der Waals surface area contributed by atoms with E-state index in [1.807, 2.05) is 17.9 Å². The molecule has 2 aromatic heterocycles. The van der Waals surface area contributed by atoms with Gasteiger partial charge in [0.05, 0.1) is 11.3 Å². The molecule has 5 heterocycles. The van der Waals surface area contributed by atoms with E-state index in [4.69, 9.17) is 9.72 Å². The van der Waals surface area contributed by atoms with Crippen LogP contribution in [0.1, 0.15) is 68.3 Å². The second-order valence-corrected chi connectivity index (χ2v) is 9.24. The highest BCUT2D eigenvalue weighted by Crippen LogP contribution is 2.28. The van der Waals surface area contributed by atoms with E-state index in [0.29, 0.717) is 24.7 Å². The molecule has 0 spiro atoms. The number of nitrogens with one attached hydrogen (secondary N) is 1. The highest BCUT2D eigenvalue weighted by atomic mass is 16.5. The van der Waals surface area contributed by atoms with Gasteiger partial charge >= 0.3 is 0 Å². The average molecular weight is 428 g/mol. The average Bonchev–Trinajstić information content (AvgIpc) is 3.24. The molecule has 2 saturated heterocycles. The zero-order valence-corrected chi connectivity index (χ0v) is 18.4. The van der Waals surface area contributed by atoms with Gasteiger partial charge in [-0.25, -0.2) is 9.50 Å². The van der Waals surface area contributed by atoms with Gasteiger partial charge in [-0.3, -0.25) is 19.6 Å². The minimum absolute atomic E-state index is 0.0257. The van der Waals surface area contributed by atoms with Crippen LogP contribution in [0, 0.1) is 0 Å². The molecular formula is C23H33N5O3. The van der Waals surface area contributed by atoms with E-state index >= 15 is 0 Å². The molecule has 3 aliphatic heterocycles. The Kier molecular flexibility index (Phi) is 5.84. The summed E-state index contributed by atoms with van der Waals surface area (Å²) >= 11 is 0. The maximum Gasteiger partial charge on any atom is 0.277 e. The van der Waals surface area contributed by atoms with Gasteiger partial charge in [0.1, 0.15) is 0 Å². The van der Waals surface area contributed by atoms with E-state index in [1.54, 1.807) is 4.52 Å². The molecule has 1 atom stereocenters. The van der Waals surface area contributed by atoms with Crippen LogP contribution < -0.4 is 5.56 Å². The maximum absolute atomic E-state index is 13.3. The van der Waals surface area contributed by atoms with Crippen molar-refractivity contribution in [2.75, 3.05) is 32.8 Å². The third-order valence-electron chi connectivity index (χ3n) is 7.20. The normalized spacial score (nSPS) is 23.3. The summed E-state index contributed by atoms with van der Waals surface area (Å²) < 4.78 is 7.12. The lowest BCUT2D eigenvalue weighted by Gasteiger charge is -2.36. The van der Waals surface area contributed by atoms with Gasteiger partial charge in [0, 0.05) is 76.0 Å². The molecule has 0 aromatic carbocycles. The molecule has 1 N–H and O–H groups in total. The smallest absolute Gasteiger partial charge is 0.277 e. The van der Waals surface area contributed by atoms with Crippen LogP contribution in [0.5, 0.6) is 0 Å². The summed E-state index contributed by atoms with van der Waals surface area (Å²) in [5, 5.41) is 3.33. The number of carbonyl (C=O) groups excluding carboxylic acids is 1. The summed E-state index contributed by atoms with van der Waals surface area (Å²) in [5.41, 5.74) is 3.52. The van der Waals surface area contributed by atoms with Crippen LogP contribution in [0.3, 0.4) is 0 Å². The summed E-state index contributed by atoms with van der Waals surface area (Å²) in [5.74, 6) is 0.466. The number of aromatic nitrogens is 3. The predicted molar refractivity (Wildman–Crippen MR) is 117 cm³/mol. The fourth-order valence-corrected chi connectivity index (χ4v) is 5.42. The standard InChI is InChI=1S/C23H33N5O3/c1-2-4-22(29)27-9-3-5-16(14-27)20-13-21-24-19-6-10-26(17-7-11-31-12-8-17)15-18(19)23(30)28(21)25-20/h13,16-17,25H,2-12,14-15H2,1H3/t16-/m0/s1. The Morgan fingerprint density at radius 2 is 2.10 bits per heavy atom. The van der Waals surface area contributed by atoms with Crippen LogP contribution in [0.15, 0.2) is 10.9 Å². The molecule has 0 bridgehead atoms. The molecule has 0 radical (unpaired) electrons. The van der Waals surface area contributed by atoms with Crippen LogP contribution in [-0.4, -0.2) is 69.2 Å². The molecular weight excluding hydrogens is 394 g/mol. The number of aromatic amines is 1. The molecule has 0 unspecified atom stereocenters. The topological polar surface area (TPSA) is 82.9 Å². The van der Waals surface area contributed by atoms with E-state index in [2.05, 4.69) is 10.00 Å². The van der Waals surface area contributed by atoms with Gasteiger partial charge in [0.2, 0.25) is 5.91 Å². The number of H-pyrrole nitrogens is 1. The second-order valence-electron chi connectivity index (χ2n) is 9.24. The van der Waals surface area contributed by atoms with Crippen LogP contribution in [0.25, 0.3) is 5.65 Å². The Morgan fingerprint density at radius 1 is 1.26 bits per heavy atom. The van der Waals surface area contributed by atoms with Crippen molar-refractivity contribution in [2.45, 2.75) is 70.4 Å². The van der Waals surface area contributed by atoms with Gasteiger partial charge in [-0.1, -0.05) is 6.92 Å². The Balaban J connectivity index is 1.39. The van der Waals surface area contributed by atoms with Gasteiger partial charge in [-0.15, -0.1) is 0 Å². The first-order valence-electron chi connectivity index (χ1n) is 11.9. The number of rotatable bonds is 4. The first-order chi connectivity index (χ1) is 15.1. The van der Waals surface area contributed by atoms with Crippen molar-refractivity contribution in [3.8, 4) is 0 Å². The van der Waals surface area contributed by atoms with E-state index < -0.39 is 0 Å². The molecule has 168 valence electrons. The highest BCUT2D eigenvalue weighted by Gasteiger charge is 2.30. The number of hydrogen-bond acceptors (Lipinski definition) is 5. The Hall–Kier alpha value is -2.19. The van der Waals surface area contributed by atoms with Gasteiger partial charge < -0.3 is 9.64 Å². The van der Waals surface area contributed by atoms with Crippen LogP contribution in [0.2, 0.25) is 0 Å². The first-order valence-corrected chi connectivity index (χ1v) is 11.9. The lowest BCUT2D eigenvalue weighted by molar-refractivity contribution is -0.132. The number of hydrogen-bond donors (Lipinski definition) is 1. The van der Waals surface area contributed by atoms with E-state index in [1.165, 1.54) is 0 Å². The van der Waals surface area contributed by atoms with Crippen LogP contribution in [0.4, 0.5) is 0 Å². The third kappa shape index (κ3) is 4.03. The summed E-state index contributed by atoms with van der Waals surface area (Å²) in [7, 11) is 0. The van der Waals surface area contributed by atoms with Crippen molar-refractivity contribution in [1.29, 1.82) is 0 Å². The molecule has 5 rings (SSSR count). The highest BCUT2D eigenvalue weighted by molar-refractivity contribution is 5.76.